The summed E-state index contributed by atoms with van der Waals surface area (Å²) >= 11 is 1.42. The lowest BCUT2D eigenvalue weighted by Gasteiger charge is -2.09. The van der Waals surface area contributed by atoms with Gasteiger partial charge in [0.15, 0.2) is 0 Å². The standard InChI is InChI=1S/C20H20N4O3S/c1-14-12-16(24-27-14)13-28-20-17(8-5-9-23-20)19(26)22-11-10-21-18(25)15-6-3-2-4-7-15/h2-9,12H,10-11,13H2,1H3,(H,21,25)(H,22,26). The minimum atomic E-state index is -0.235. The fourth-order valence-corrected chi connectivity index (χ4v) is 3.32. The molecule has 1 aromatic carbocycles. The second kappa shape index (κ2) is 9.70. The van der Waals surface area contributed by atoms with Gasteiger partial charge in [-0.2, -0.15) is 0 Å². The maximum Gasteiger partial charge on any atom is 0.254 e. The number of carbonyl (C=O) groups is 2. The number of rotatable bonds is 8. The summed E-state index contributed by atoms with van der Waals surface area (Å²) in [5.74, 6) is 0.894. The van der Waals surface area contributed by atoms with E-state index >= 15 is 0 Å². The Bertz CT molecular complexity index is 943. The maximum absolute atomic E-state index is 12.5. The van der Waals surface area contributed by atoms with Crippen molar-refractivity contribution in [2.75, 3.05) is 13.1 Å². The molecule has 0 aliphatic heterocycles. The zero-order valence-corrected chi connectivity index (χ0v) is 16.2. The van der Waals surface area contributed by atoms with Crippen molar-refractivity contribution < 1.29 is 14.1 Å². The number of nitrogens with one attached hydrogen (secondary N) is 2. The summed E-state index contributed by atoms with van der Waals surface area (Å²) < 4.78 is 5.05. The van der Waals surface area contributed by atoms with Crippen LogP contribution >= 0.6 is 11.8 Å². The molecule has 0 unspecified atom stereocenters. The van der Waals surface area contributed by atoms with Gasteiger partial charge >= 0.3 is 0 Å². The van der Waals surface area contributed by atoms with E-state index in [1.807, 2.05) is 19.1 Å². The van der Waals surface area contributed by atoms with Gasteiger partial charge in [-0.05, 0) is 31.2 Å². The second-order valence-corrected chi connectivity index (χ2v) is 6.92. The topological polar surface area (TPSA) is 97.1 Å². The van der Waals surface area contributed by atoms with Gasteiger partial charge in [-0.25, -0.2) is 4.98 Å². The first kappa shape index (κ1) is 19.6. The minimum absolute atomic E-state index is 0.171. The quantitative estimate of drug-likeness (QED) is 0.449. The molecule has 144 valence electrons. The summed E-state index contributed by atoms with van der Waals surface area (Å²) in [5.41, 5.74) is 1.87. The van der Waals surface area contributed by atoms with E-state index in [4.69, 9.17) is 4.52 Å². The van der Waals surface area contributed by atoms with E-state index in [2.05, 4.69) is 20.8 Å². The van der Waals surface area contributed by atoms with E-state index in [1.54, 1.807) is 42.6 Å². The molecule has 3 rings (SSSR count). The molecule has 3 aromatic rings. The molecular formula is C20H20N4O3S. The molecule has 0 aliphatic carbocycles. The molecule has 0 radical (unpaired) electrons. The number of aryl methyl sites for hydroxylation is 1. The molecule has 7 nitrogen and oxygen atoms in total. The van der Waals surface area contributed by atoms with Gasteiger partial charge in [0, 0.05) is 36.7 Å². The van der Waals surface area contributed by atoms with Crippen LogP contribution in [-0.4, -0.2) is 35.0 Å². The smallest absolute Gasteiger partial charge is 0.254 e. The van der Waals surface area contributed by atoms with Crippen LogP contribution in [0.15, 0.2) is 64.3 Å². The second-order valence-electron chi connectivity index (χ2n) is 5.95. The highest BCUT2D eigenvalue weighted by atomic mass is 32.2. The first-order valence-corrected chi connectivity index (χ1v) is 9.73. The molecule has 2 heterocycles. The molecular weight excluding hydrogens is 376 g/mol. The molecule has 2 aromatic heterocycles. The van der Waals surface area contributed by atoms with Crippen molar-refractivity contribution in [3.05, 3.63) is 77.3 Å². The Hall–Kier alpha value is -3.13. The largest absolute Gasteiger partial charge is 0.361 e. The molecule has 0 fully saturated rings. The normalized spacial score (nSPS) is 10.5. The SMILES string of the molecule is Cc1cc(CSc2ncccc2C(=O)NCCNC(=O)c2ccccc2)no1. The van der Waals surface area contributed by atoms with E-state index < -0.39 is 0 Å². The Labute approximate surface area is 166 Å². The van der Waals surface area contributed by atoms with Crippen LogP contribution in [-0.2, 0) is 5.75 Å². The molecule has 0 saturated heterocycles. The van der Waals surface area contributed by atoms with Crippen molar-refractivity contribution in [1.29, 1.82) is 0 Å². The van der Waals surface area contributed by atoms with Crippen LogP contribution in [0.25, 0.3) is 0 Å². The third-order valence-corrected chi connectivity index (χ3v) is 4.82. The third-order valence-electron chi connectivity index (χ3n) is 3.78. The fourth-order valence-electron chi connectivity index (χ4n) is 2.45. The molecule has 2 N–H and O–H groups in total. The number of benzene rings is 1. The molecule has 0 atom stereocenters. The predicted molar refractivity (Wildman–Crippen MR) is 106 cm³/mol. The van der Waals surface area contributed by atoms with Crippen molar-refractivity contribution >= 4 is 23.6 Å². The Kier molecular flexibility index (Phi) is 6.80. The number of hydrogen-bond donors (Lipinski definition) is 2. The van der Waals surface area contributed by atoms with Gasteiger partial charge < -0.3 is 15.2 Å². The van der Waals surface area contributed by atoms with Crippen LogP contribution in [0.3, 0.4) is 0 Å². The van der Waals surface area contributed by atoms with Crippen LogP contribution < -0.4 is 10.6 Å². The molecule has 2 amide bonds. The minimum Gasteiger partial charge on any atom is -0.361 e. The van der Waals surface area contributed by atoms with Crippen molar-refractivity contribution in [3.8, 4) is 0 Å². The Morgan fingerprint density at radius 3 is 2.50 bits per heavy atom. The highest BCUT2D eigenvalue weighted by Crippen LogP contribution is 2.24. The van der Waals surface area contributed by atoms with Gasteiger partial charge in [-0.15, -0.1) is 0 Å². The van der Waals surface area contributed by atoms with Crippen molar-refractivity contribution in [2.45, 2.75) is 17.7 Å². The van der Waals surface area contributed by atoms with Crippen LogP contribution in [0.1, 0.15) is 32.2 Å². The van der Waals surface area contributed by atoms with Crippen molar-refractivity contribution in [3.63, 3.8) is 0 Å². The van der Waals surface area contributed by atoms with E-state index in [9.17, 15) is 9.59 Å². The van der Waals surface area contributed by atoms with E-state index in [0.717, 1.165) is 11.5 Å². The van der Waals surface area contributed by atoms with Crippen molar-refractivity contribution in [2.24, 2.45) is 0 Å². The molecule has 8 heteroatoms. The van der Waals surface area contributed by atoms with Crippen molar-refractivity contribution in [1.82, 2.24) is 20.8 Å². The van der Waals surface area contributed by atoms with Crippen LogP contribution in [0, 0.1) is 6.92 Å². The average molecular weight is 396 g/mol. The van der Waals surface area contributed by atoms with Gasteiger partial charge in [0.2, 0.25) is 0 Å². The Balaban J connectivity index is 1.49. The summed E-state index contributed by atoms with van der Waals surface area (Å²) in [6, 6.07) is 14.2. The average Bonchev–Trinajstić information content (AvgIpc) is 3.15. The van der Waals surface area contributed by atoms with Crippen LogP contribution in [0.5, 0.6) is 0 Å². The number of thioether (sulfide) groups is 1. The summed E-state index contributed by atoms with van der Waals surface area (Å²) in [6.45, 7) is 2.48. The predicted octanol–water partition coefficient (Wildman–Crippen LogP) is 2.83. The molecule has 0 bridgehead atoms. The number of amides is 2. The summed E-state index contributed by atoms with van der Waals surface area (Å²) in [6.07, 6.45) is 1.65. The summed E-state index contributed by atoms with van der Waals surface area (Å²) in [7, 11) is 0. The van der Waals surface area contributed by atoms with Gasteiger partial charge in [0.1, 0.15) is 10.8 Å². The maximum atomic E-state index is 12.5. The molecule has 0 aliphatic rings. The zero-order chi connectivity index (χ0) is 19.8. The number of hydrogen-bond acceptors (Lipinski definition) is 6. The lowest BCUT2D eigenvalue weighted by atomic mass is 10.2. The van der Waals surface area contributed by atoms with Gasteiger partial charge in [-0.3, -0.25) is 9.59 Å². The highest BCUT2D eigenvalue weighted by Gasteiger charge is 2.13. The fraction of sp³-hybridized carbons (Fsp3) is 0.200. The number of aromatic nitrogens is 2. The lowest BCUT2D eigenvalue weighted by molar-refractivity contribution is 0.0926. The third kappa shape index (κ3) is 5.43. The Morgan fingerprint density at radius 1 is 1.04 bits per heavy atom. The van der Waals surface area contributed by atoms with E-state index in [0.29, 0.717) is 35.0 Å². The van der Waals surface area contributed by atoms with Crippen LogP contribution in [0.2, 0.25) is 0 Å². The van der Waals surface area contributed by atoms with Gasteiger partial charge in [-0.1, -0.05) is 35.1 Å². The molecule has 0 spiro atoms. The number of pyridine rings is 1. The van der Waals surface area contributed by atoms with E-state index in [-0.39, 0.29) is 11.8 Å². The first-order valence-electron chi connectivity index (χ1n) is 8.75. The first-order chi connectivity index (χ1) is 13.6. The number of nitrogens with zero attached hydrogens (tertiary/aromatic N) is 2. The zero-order valence-electron chi connectivity index (χ0n) is 15.3. The van der Waals surface area contributed by atoms with Gasteiger partial charge in [0.05, 0.1) is 11.3 Å². The lowest BCUT2D eigenvalue weighted by Crippen LogP contribution is -2.34. The Morgan fingerprint density at radius 2 is 1.79 bits per heavy atom. The molecule has 28 heavy (non-hydrogen) atoms. The summed E-state index contributed by atoms with van der Waals surface area (Å²) in [5, 5.41) is 10.1. The van der Waals surface area contributed by atoms with Crippen LogP contribution in [0.4, 0.5) is 0 Å². The molecule has 0 saturated carbocycles. The number of carbonyl (C=O) groups excluding carboxylic acids is 2. The van der Waals surface area contributed by atoms with E-state index in [1.165, 1.54) is 11.8 Å². The highest BCUT2D eigenvalue weighted by molar-refractivity contribution is 7.98. The van der Waals surface area contributed by atoms with Gasteiger partial charge in [0.25, 0.3) is 11.8 Å². The monoisotopic (exact) mass is 396 g/mol. The summed E-state index contributed by atoms with van der Waals surface area (Å²) in [4.78, 5) is 28.8.